The number of carboxylic acid groups (broad SMARTS) is 1. The van der Waals surface area contributed by atoms with Gasteiger partial charge < -0.3 is 37.5 Å². The molecule has 0 aliphatic heterocycles. The zero-order valence-electron chi connectivity index (χ0n) is 22.1. The number of amides is 4. The third kappa shape index (κ3) is 8.40. The van der Waals surface area contributed by atoms with Gasteiger partial charge in [0.2, 0.25) is 23.6 Å². The number of primary amides is 1. The lowest BCUT2D eigenvalue weighted by atomic mass is 10.0. The van der Waals surface area contributed by atoms with Crippen LogP contribution in [0.25, 0.3) is 10.9 Å². The lowest BCUT2D eigenvalue weighted by Gasteiger charge is -2.24. The molecule has 4 amide bonds. The standard InChI is InChI=1S/C28H34N6O6/c1-16(32-26(37)20(29)13-17-7-3-2-4-8-17)25(36)34-23(14-18-15-31-21-10-6-5-9-19(18)21)27(38)33-22(28(39)40)11-12-24(30)35/h2-10,15-16,20,22-23,31H,11-14,29H2,1H3,(H2,30,35)(H,32,37)(H,33,38)(H,34,36)(H,39,40). The van der Waals surface area contributed by atoms with Crippen molar-refractivity contribution in [3.05, 3.63) is 71.9 Å². The van der Waals surface area contributed by atoms with Gasteiger partial charge in [-0.3, -0.25) is 19.2 Å². The number of aliphatic carboxylic acids is 1. The van der Waals surface area contributed by atoms with Crippen molar-refractivity contribution in [3.8, 4) is 0 Å². The largest absolute Gasteiger partial charge is 0.480 e. The predicted molar refractivity (Wildman–Crippen MR) is 148 cm³/mol. The van der Waals surface area contributed by atoms with E-state index in [0.29, 0.717) is 5.56 Å². The number of hydrogen-bond acceptors (Lipinski definition) is 6. The van der Waals surface area contributed by atoms with Crippen LogP contribution in [0, 0.1) is 0 Å². The van der Waals surface area contributed by atoms with E-state index in [-0.39, 0.29) is 25.7 Å². The maximum absolute atomic E-state index is 13.2. The molecule has 2 aromatic carbocycles. The molecule has 40 heavy (non-hydrogen) atoms. The second-order valence-corrected chi connectivity index (χ2v) is 9.56. The minimum absolute atomic E-state index is 0.0257. The SMILES string of the molecule is CC(NC(=O)C(N)Cc1ccccc1)C(=O)NC(Cc1c[nH]c2ccccc12)C(=O)NC(CCC(N)=O)C(=O)O. The number of carboxylic acids is 1. The summed E-state index contributed by atoms with van der Waals surface area (Å²) in [5, 5.41) is 17.9. The van der Waals surface area contributed by atoms with Gasteiger partial charge in [-0.2, -0.15) is 0 Å². The average Bonchev–Trinajstić information content (AvgIpc) is 3.33. The number of nitrogens with one attached hydrogen (secondary N) is 4. The summed E-state index contributed by atoms with van der Waals surface area (Å²) in [6, 6.07) is 12.0. The number of hydrogen-bond donors (Lipinski definition) is 7. The molecule has 0 radical (unpaired) electrons. The highest BCUT2D eigenvalue weighted by Gasteiger charge is 2.30. The summed E-state index contributed by atoms with van der Waals surface area (Å²) >= 11 is 0. The molecule has 1 heterocycles. The van der Waals surface area contributed by atoms with E-state index in [1.54, 1.807) is 6.20 Å². The van der Waals surface area contributed by atoms with Gasteiger partial charge in [0, 0.05) is 29.9 Å². The smallest absolute Gasteiger partial charge is 0.326 e. The normalized spacial score (nSPS) is 13.9. The topological polar surface area (TPSA) is 209 Å². The Kier molecular flexibility index (Phi) is 10.4. The number of nitrogens with two attached hydrogens (primary N) is 2. The molecule has 1 aromatic heterocycles. The maximum Gasteiger partial charge on any atom is 0.326 e. The first-order valence-electron chi connectivity index (χ1n) is 12.8. The number of benzene rings is 2. The molecule has 9 N–H and O–H groups in total. The average molecular weight is 551 g/mol. The van der Waals surface area contributed by atoms with Crippen molar-refractivity contribution < 1.29 is 29.1 Å². The molecule has 0 aliphatic carbocycles. The third-order valence-corrected chi connectivity index (χ3v) is 6.41. The van der Waals surface area contributed by atoms with E-state index in [9.17, 15) is 29.1 Å². The van der Waals surface area contributed by atoms with Crippen molar-refractivity contribution in [2.45, 2.75) is 56.8 Å². The molecule has 0 saturated heterocycles. The Labute approximate surface area is 230 Å². The van der Waals surface area contributed by atoms with E-state index in [0.717, 1.165) is 16.5 Å². The van der Waals surface area contributed by atoms with Crippen LogP contribution in [0.4, 0.5) is 0 Å². The van der Waals surface area contributed by atoms with Gasteiger partial charge >= 0.3 is 5.97 Å². The first-order valence-corrected chi connectivity index (χ1v) is 12.8. The predicted octanol–water partition coefficient (Wildman–Crippen LogP) is 0.105. The Bertz CT molecular complexity index is 1360. The van der Waals surface area contributed by atoms with Crippen molar-refractivity contribution in [2.24, 2.45) is 11.5 Å². The minimum atomic E-state index is -1.39. The van der Waals surface area contributed by atoms with Crippen molar-refractivity contribution in [1.82, 2.24) is 20.9 Å². The Balaban J connectivity index is 1.72. The molecule has 0 spiro atoms. The van der Waals surface area contributed by atoms with Crippen LogP contribution in [-0.2, 0) is 36.8 Å². The lowest BCUT2D eigenvalue weighted by Crippen LogP contribution is -2.57. The van der Waals surface area contributed by atoms with Crippen LogP contribution in [0.5, 0.6) is 0 Å². The summed E-state index contributed by atoms with van der Waals surface area (Å²) in [5.74, 6) is -4.03. The van der Waals surface area contributed by atoms with Crippen molar-refractivity contribution in [2.75, 3.05) is 0 Å². The summed E-state index contributed by atoms with van der Waals surface area (Å²) in [4.78, 5) is 64.9. The maximum atomic E-state index is 13.2. The summed E-state index contributed by atoms with van der Waals surface area (Å²) in [6.45, 7) is 1.45. The fraction of sp³-hybridized carbons (Fsp3) is 0.321. The minimum Gasteiger partial charge on any atom is -0.480 e. The summed E-state index contributed by atoms with van der Waals surface area (Å²) in [6.07, 6.45) is 1.54. The van der Waals surface area contributed by atoms with Crippen LogP contribution in [0.1, 0.15) is 30.9 Å². The fourth-order valence-electron chi connectivity index (χ4n) is 4.19. The van der Waals surface area contributed by atoms with E-state index in [2.05, 4.69) is 20.9 Å². The second-order valence-electron chi connectivity index (χ2n) is 9.56. The third-order valence-electron chi connectivity index (χ3n) is 6.41. The molecule has 0 fully saturated rings. The number of rotatable bonds is 14. The molecule has 4 atom stereocenters. The molecule has 12 heteroatoms. The summed E-state index contributed by atoms with van der Waals surface area (Å²) < 4.78 is 0. The first kappa shape index (κ1) is 29.8. The highest BCUT2D eigenvalue weighted by molar-refractivity contribution is 5.94. The molecular formula is C28H34N6O6. The second kappa shape index (κ2) is 13.9. The van der Waals surface area contributed by atoms with Gasteiger partial charge in [-0.05, 0) is 37.0 Å². The van der Waals surface area contributed by atoms with Gasteiger partial charge in [0.15, 0.2) is 0 Å². The number of para-hydroxylation sites is 1. The van der Waals surface area contributed by atoms with Crippen molar-refractivity contribution >= 4 is 40.5 Å². The number of aromatic nitrogens is 1. The highest BCUT2D eigenvalue weighted by atomic mass is 16.4. The van der Waals surface area contributed by atoms with E-state index >= 15 is 0 Å². The Morgan fingerprint density at radius 1 is 0.850 bits per heavy atom. The quantitative estimate of drug-likeness (QED) is 0.147. The Morgan fingerprint density at radius 3 is 2.17 bits per heavy atom. The van der Waals surface area contributed by atoms with Gasteiger partial charge in [-0.1, -0.05) is 48.5 Å². The molecule has 3 aromatic rings. The van der Waals surface area contributed by atoms with Crippen LogP contribution in [0.2, 0.25) is 0 Å². The van der Waals surface area contributed by atoms with Gasteiger partial charge in [0.05, 0.1) is 6.04 Å². The van der Waals surface area contributed by atoms with Gasteiger partial charge in [0.1, 0.15) is 18.1 Å². The fourth-order valence-corrected chi connectivity index (χ4v) is 4.19. The zero-order chi connectivity index (χ0) is 29.2. The van der Waals surface area contributed by atoms with Crippen LogP contribution in [0.3, 0.4) is 0 Å². The molecule has 4 unspecified atom stereocenters. The van der Waals surface area contributed by atoms with E-state index in [1.165, 1.54) is 6.92 Å². The molecular weight excluding hydrogens is 516 g/mol. The van der Waals surface area contributed by atoms with Gasteiger partial charge in [-0.15, -0.1) is 0 Å². The van der Waals surface area contributed by atoms with Crippen molar-refractivity contribution in [1.29, 1.82) is 0 Å². The van der Waals surface area contributed by atoms with Gasteiger partial charge in [-0.25, -0.2) is 4.79 Å². The number of H-pyrrole nitrogens is 1. The summed E-state index contributed by atoms with van der Waals surface area (Å²) in [7, 11) is 0. The van der Waals surface area contributed by atoms with Gasteiger partial charge in [0.25, 0.3) is 0 Å². The van der Waals surface area contributed by atoms with E-state index in [1.807, 2.05) is 54.6 Å². The lowest BCUT2D eigenvalue weighted by molar-refractivity contribution is -0.142. The number of carbonyl (C=O) groups excluding carboxylic acids is 4. The van der Waals surface area contributed by atoms with Crippen LogP contribution >= 0.6 is 0 Å². The monoisotopic (exact) mass is 550 g/mol. The molecule has 212 valence electrons. The van der Waals surface area contributed by atoms with Crippen molar-refractivity contribution in [3.63, 3.8) is 0 Å². The van der Waals surface area contributed by atoms with E-state index in [4.69, 9.17) is 11.5 Å². The molecule has 0 saturated carbocycles. The van der Waals surface area contributed by atoms with E-state index < -0.39 is 53.8 Å². The number of fused-ring (bicyclic) bond motifs is 1. The zero-order valence-corrected chi connectivity index (χ0v) is 22.1. The number of carbonyl (C=O) groups is 5. The Hall–Kier alpha value is -4.71. The highest BCUT2D eigenvalue weighted by Crippen LogP contribution is 2.19. The van der Waals surface area contributed by atoms with Crippen LogP contribution in [0.15, 0.2) is 60.8 Å². The van der Waals surface area contributed by atoms with Crippen LogP contribution < -0.4 is 27.4 Å². The molecule has 12 nitrogen and oxygen atoms in total. The Morgan fingerprint density at radius 2 is 1.50 bits per heavy atom. The number of aromatic amines is 1. The van der Waals surface area contributed by atoms with Crippen LogP contribution in [-0.4, -0.2) is 63.9 Å². The summed E-state index contributed by atoms with van der Waals surface area (Å²) in [5.41, 5.74) is 13.5. The molecule has 0 aliphatic rings. The molecule has 0 bridgehead atoms. The first-order chi connectivity index (χ1) is 19.0. The molecule has 3 rings (SSSR count).